The van der Waals surface area contributed by atoms with Crippen LogP contribution in [0.25, 0.3) is 0 Å². The fourth-order valence-corrected chi connectivity index (χ4v) is 3.79. The maximum absolute atomic E-state index is 12.7. The van der Waals surface area contributed by atoms with Crippen LogP contribution in [-0.4, -0.2) is 59.2 Å². The second-order valence-corrected chi connectivity index (χ2v) is 7.30. The average Bonchev–Trinajstić information content (AvgIpc) is 2.92. The lowest BCUT2D eigenvalue weighted by atomic mass is 9.85. The summed E-state index contributed by atoms with van der Waals surface area (Å²) in [7, 11) is 1.26. The molecule has 5 amide bonds. The molecule has 154 valence electrons. The lowest BCUT2D eigenvalue weighted by molar-refractivity contribution is -0.145. The fraction of sp³-hybridized carbons (Fsp3) is 0.450. The highest BCUT2D eigenvalue weighted by Crippen LogP contribution is 2.31. The molecule has 0 unspecified atom stereocenters. The number of imide groups is 2. The molecule has 9 heteroatoms. The van der Waals surface area contributed by atoms with Crippen molar-refractivity contribution in [3.63, 3.8) is 0 Å². The van der Waals surface area contributed by atoms with Crippen LogP contribution in [0.5, 0.6) is 0 Å². The minimum absolute atomic E-state index is 0.117. The Bertz CT molecular complexity index is 850. The van der Waals surface area contributed by atoms with Crippen LogP contribution >= 0.6 is 0 Å². The number of methoxy groups -OCH3 is 1. The molecule has 0 spiro atoms. The van der Waals surface area contributed by atoms with Gasteiger partial charge in [-0.25, -0.2) is 14.5 Å². The van der Waals surface area contributed by atoms with Gasteiger partial charge < -0.3 is 10.1 Å². The first-order valence-corrected chi connectivity index (χ1v) is 9.50. The van der Waals surface area contributed by atoms with E-state index in [0.717, 1.165) is 24.2 Å². The summed E-state index contributed by atoms with van der Waals surface area (Å²) in [6.07, 6.45) is 3.47. The van der Waals surface area contributed by atoms with Gasteiger partial charge in [0.15, 0.2) is 0 Å². The summed E-state index contributed by atoms with van der Waals surface area (Å²) < 4.78 is 4.60. The first kappa shape index (κ1) is 20.5. The summed E-state index contributed by atoms with van der Waals surface area (Å²) in [6.45, 7) is 1.40. The van der Waals surface area contributed by atoms with Crippen LogP contribution in [0, 0.1) is 5.92 Å². The molecule has 1 saturated heterocycles. The van der Waals surface area contributed by atoms with Crippen molar-refractivity contribution in [2.75, 3.05) is 19.0 Å². The van der Waals surface area contributed by atoms with Crippen LogP contribution in [0.1, 0.15) is 43.0 Å². The van der Waals surface area contributed by atoms with Crippen molar-refractivity contribution in [2.45, 2.75) is 38.6 Å². The van der Waals surface area contributed by atoms with Gasteiger partial charge in [0.1, 0.15) is 6.54 Å². The molecule has 1 aromatic carbocycles. The maximum atomic E-state index is 12.7. The summed E-state index contributed by atoms with van der Waals surface area (Å²) in [5.74, 6) is -2.87. The van der Waals surface area contributed by atoms with Crippen molar-refractivity contribution in [2.24, 2.45) is 5.92 Å². The molecule has 2 aliphatic rings. The molecule has 1 saturated carbocycles. The smallest absolute Gasteiger partial charge is 0.337 e. The van der Waals surface area contributed by atoms with E-state index in [0.29, 0.717) is 22.6 Å². The SMILES string of the molecule is COC(=O)c1ccc(NC(=O)CN2C(=O)C(=O)N([C@H]3CCCC[C@@H]3C)C2=O)cc1. The molecule has 1 aromatic rings. The molecule has 1 heterocycles. The fourth-order valence-electron chi connectivity index (χ4n) is 3.79. The molecule has 2 atom stereocenters. The number of anilines is 1. The molecule has 29 heavy (non-hydrogen) atoms. The van der Waals surface area contributed by atoms with Gasteiger partial charge in [-0.1, -0.05) is 19.8 Å². The van der Waals surface area contributed by atoms with E-state index in [-0.39, 0.29) is 12.0 Å². The molecular formula is C20H23N3O6. The minimum atomic E-state index is -0.982. The molecule has 0 aromatic heterocycles. The molecule has 9 nitrogen and oxygen atoms in total. The Morgan fingerprint density at radius 1 is 1.07 bits per heavy atom. The number of esters is 1. The Morgan fingerprint density at radius 2 is 1.72 bits per heavy atom. The molecule has 1 aliphatic heterocycles. The van der Waals surface area contributed by atoms with Gasteiger partial charge in [-0.2, -0.15) is 0 Å². The summed E-state index contributed by atoms with van der Waals surface area (Å²) in [5.41, 5.74) is 0.698. The average molecular weight is 401 g/mol. The standard InChI is InChI=1S/C20H23N3O6/c1-12-5-3-4-6-15(12)23-18(26)17(25)22(20(23)28)11-16(24)21-14-9-7-13(8-10-14)19(27)29-2/h7-10,12,15H,3-6,11H2,1-2H3,(H,21,24)/t12-,15-/m0/s1. The number of benzene rings is 1. The van der Waals surface area contributed by atoms with Crippen molar-refractivity contribution in [1.82, 2.24) is 9.80 Å². The van der Waals surface area contributed by atoms with E-state index in [1.54, 1.807) is 0 Å². The van der Waals surface area contributed by atoms with Crippen LogP contribution in [0.3, 0.4) is 0 Å². The third kappa shape index (κ3) is 4.13. The predicted molar refractivity (Wildman–Crippen MR) is 102 cm³/mol. The first-order chi connectivity index (χ1) is 13.8. The summed E-state index contributed by atoms with van der Waals surface area (Å²) >= 11 is 0. The third-order valence-corrected chi connectivity index (χ3v) is 5.37. The van der Waals surface area contributed by atoms with Gasteiger partial charge in [0.2, 0.25) is 5.91 Å². The van der Waals surface area contributed by atoms with Crippen LogP contribution in [0.15, 0.2) is 24.3 Å². The molecular weight excluding hydrogens is 378 g/mol. The van der Waals surface area contributed by atoms with Crippen LogP contribution in [0.4, 0.5) is 10.5 Å². The van der Waals surface area contributed by atoms with Gasteiger partial charge in [-0.05, 0) is 43.0 Å². The number of urea groups is 1. The molecule has 0 bridgehead atoms. The first-order valence-electron chi connectivity index (χ1n) is 9.50. The number of nitrogens with one attached hydrogen (secondary N) is 1. The van der Waals surface area contributed by atoms with Crippen molar-refractivity contribution in [3.8, 4) is 0 Å². The van der Waals surface area contributed by atoms with Gasteiger partial charge in [-0.15, -0.1) is 0 Å². The van der Waals surface area contributed by atoms with Gasteiger partial charge in [-0.3, -0.25) is 19.3 Å². The maximum Gasteiger partial charge on any atom is 0.337 e. The number of carbonyl (C=O) groups is 5. The van der Waals surface area contributed by atoms with Gasteiger partial charge in [0.25, 0.3) is 0 Å². The van der Waals surface area contributed by atoms with E-state index in [1.807, 2.05) is 6.92 Å². The quantitative estimate of drug-likeness (QED) is 0.457. The minimum Gasteiger partial charge on any atom is -0.465 e. The molecule has 3 rings (SSSR count). The van der Waals surface area contributed by atoms with Gasteiger partial charge in [0, 0.05) is 11.7 Å². The van der Waals surface area contributed by atoms with E-state index in [1.165, 1.54) is 31.4 Å². The Kier molecular flexibility index (Phi) is 5.95. The number of hydrogen-bond acceptors (Lipinski definition) is 6. The van der Waals surface area contributed by atoms with Gasteiger partial charge in [0.05, 0.1) is 12.7 Å². The highest BCUT2D eigenvalue weighted by atomic mass is 16.5. The summed E-state index contributed by atoms with van der Waals surface area (Å²) in [6, 6.07) is 4.89. The second kappa shape index (κ2) is 8.42. The van der Waals surface area contributed by atoms with Crippen molar-refractivity contribution >= 4 is 35.4 Å². The highest BCUT2D eigenvalue weighted by Gasteiger charge is 2.49. The highest BCUT2D eigenvalue weighted by molar-refractivity contribution is 6.45. The lowest BCUT2D eigenvalue weighted by Gasteiger charge is -2.34. The van der Waals surface area contributed by atoms with E-state index >= 15 is 0 Å². The Morgan fingerprint density at radius 3 is 2.34 bits per heavy atom. The second-order valence-electron chi connectivity index (χ2n) is 7.30. The summed E-state index contributed by atoms with van der Waals surface area (Å²) in [4.78, 5) is 62.8. The van der Waals surface area contributed by atoms with E-state index < -0.39 is 36.3 Å². The predicted octanol–water partition coefficient (Wildman–Crippen LogP) is 1.78. The van der Waals surface area contributed by atoms with Crippen molar-refractivity contribution < 1.29 is 28.7 Å². The lowest BCUT2D eigenvalue weighted by Crippen LogP contribution is -2.46. The zero-order chi connectivity index (χ0) is 21.1. The number of rotatable bonds is 5. The molecule has 0 radical (unpaired) electrons. The number of carbonyl (C=O) groups excluding carboxylic acids is 5. The molecule has 2 fully saturated rings. The third-order valence-electron chi connectivity index (χ3n) is 5.37. The largest absolute Gasteiger partial charge is 0.465 e. The topological polar surface area (TPSA) is 113 Å². The van der Waals surface area contributed by atoms with E-state index in [4.69, 9.17) is 0 Å². The Hall–Kier alpha value is -3.23. The number of hydrogen-bond donors (Lipinski definition) is 1. The number of amides is 5. The zero-order valence-corrected chi connectivity index (χ0v) is 16.3. The van der Waals surface area contributed by atoms with Crippen LogP contribution < -0.4 is 5.32 Å². The van der Waals surface area contributed by atoms with Crippen LogP contribution in [-0.2, 0) is 19.1 Å². The Labute approximate surface area is 168 Å². The normalized spacial score (nSPS) is 22.1. The van der Waals surface area contributed by atoms with Crippen molar-refractivity contribution in [3.05, 3.63) is 29.8 Å². The van der Waals surface area contributed by atoms with Gasteiger partial charge >= 0.3 is 23.8 Å². The monoisotopic (exact) mass is 401 g/mol. The number of ether oxygens (including phenoxy) is 1. The molecule has 1 N–H and O–H groups in total. The number of nitrogens with zero attached hydrogens (tertiary/aromatic N) is 2. The summed E-state index contributed by atoms with van der Waals surface area (Å²) in [5, 5.41) is 2.55. The van der Waals surface area contributed by atoms with Crippen LogP contribution in [0.2, 0.25) is 0 Å². The van der Waals surface area contributed by atoms with E-state index in [9.17, 15) is 24.0 Å². The van der Waals surface area contributed by atoms with Crippen molar-refractivity contribution in [1.29, 1.82) is 0 Å². The van der Waals surface area contributed by atoms with E-state index in [2.05, 4.69) is 10.1 Å². The zero-order valence-electron chi connectivity index (χ0n) is 16.3. The Balaban J connectivity index is 1.65. The molecule has 1 aliphatic carbocycles.